The van der Waals surface area contributed by atoms with E-state index in [2.05, 4.69) is 0 Å². The molecule has 0 aliphatic rings. The van der Waals surface area contributed by atoms with E-state index in [0.29, 0.717) is 17.7 Å². The monoisotopic (exact) mass is 363 g/mol. The molecule has 0 radical (unpaired) electrons. The van der Waals surface area contributed by atoms with Crippen LogP contribution in [0.3, 0.4) is 0 Å². The van der Waals surface area contributed by atoms with Gasteiger partial charge in [-0.15, -0.1) is 0 Å². The third kappa shape index (κ3) is 4.89. The highest BCUT2D eigenvalue weighted by atomic mass is 32.2. The van der Waals surface area contributed by atoms with Crippen LogP contribution in [0.15, 0.2) is 53.4 Å². The lowest BCUT2D eigenvalue weighted by Crippen LogP contribution is -2.37. The first-order chi connectivity index (χ1) is 11.7. The van der Waals surface area contributed by atoms with Gasteiger partial charge in [-0.25, -0.2) is 12.8 Å². The Morgan fingerprint density at radius 2 is 1.68 bits per heavy atom. The zero-order valence-corrected chi connectivity index (χ0v) is 15.4. The van der Waals surface area contributed by atoms with Crippen LogP contribution < -0.4 is 4.90 Å². The molecule has 0 atom stereocenters. The van der Waals surface area contributed by atoms with E-state index in [-0.39, 0.29) is 29.1 Å². The zero-order valence-electron chi connectivity index (χ0n) is 14.6. The molecule has 0 aliphatic carbocycles. The first-order valence-electron chi connectivity index (χ1n) is 8.05. The number of rotatable bonds is 6. The Hall–Kier alpha value is -2.21. The van der Waals surface area contributed by atoms with Crippen LogP contribution in [0.4, 0.5) is 10.1 Å². The van der Waals surface area contributed by atoms with Gasteiger partial charge in [-0.1, -0.05) is 18.2 Å². The summed E-state index contributed by atoms with van der Waals surface area (Å²) in [5, 5.41) is 0. The quantitative estimate of drug-likeness (QED) is 0.788. The van der Waals surface area contributed by atoms with Gasteiger partial charge < -0.3 is 4.90 Å². The molecular formula is C19H22FNO3S. The molecule has 25 heavy (non-hydrogen) atoms. The van der Waals surface area contributed by atoms with Gasteiger partial charge in [0.1, 0.15) is 5.82 Å². The van der Waals surface area contributed by atoms with Crippen molar-refractivity contribution < 1.29 is 17.6 Å². The van der Waals surface area contributed by atoms with Crippen LogP contribution in [-0.4, -0.2) is 26.6 Å². The fourth-order valence-electron chi connectivity index (χ4n) is 2.65. The topological polar surface area (TPSA) is 54.5 Å². The molecule has 6 heteroatoms. The van der Waals surface area contributed by atoms with Crippen molar-refractivity contribution >= 4 is 21.4 Å². The van der Waals surface area contributed by atoms with E-state index in [1.165, 1.54) is 18.2 Å². The molecule has 0 saturated heterocycles. The third-order valence-corrected chi connectivity index (χ3v) is 5.02. The summed E-state index contributed by atoms with van der Waals surface area (Å²) < 4.78 is 36.8. The number of hydrogen-bond donors (Lipinski definition) is 0. The molecule has 0 saturated carbocycles. The van der Waals surface area contributed by atoms with Crippen molar-refractivity contribution in [2.24, 2.45) is 0 Å². The summed E-state index contributed by atoms with van der Waals surface area (Å²) >= 11 is 0. The lowest BCUT2D eigenvalue weighted by atomic mass is 10.1. The van der Waals surface area contributed by atoms with Crippen LogP contribution in [0.25, 0.3) is 0 Å². The number of carbonyl (C=O) groups is 1. The fraction of sp³-hybridized carbons (Fsp3) is 0.316. The Balaban J connectivity index is 2.17. The van der Waals surface area contributed by atoms with Gasteiger partial charge in [0.25, 0.3) is 0 Å². The van der Waals surface area contributed by atoms with Gasteiger partial charge in [-0.2, -0.15) is 0 Å². The molecule has 0 N–H and O–H groups in total. The number of benzene rings is 2. The third-order valence-electron chi connectivity index (χ3n) is 3.89. The van der Waals surface area contributed by atoms with Crippen LogP contribution in [0, 0.1) is 5.82 Å². The molecule has 0 aromatic heterocycles. The summed E-state index contributed by atoms with van der Waals surface area (Å²) in [6.45, 7) is 3.76. The number of nitrogens with zero attached hydrogens (tertiary/aromatic N) is 1. The standard InChI is InChI=1S/C19H22FNO3S/c1-14(2)21(16-9-11-17(12-10-16)25(3,23)24)19(22)13-8-15-6-4-5-7-18(15)20/h4-7,9-12,14H,8,13H2,1-3H3. The number of amides is 1. The second kappa shape index (κ2) is 7.78. The van der Waals surface area contributed by atoms with Gasteiger partial charge in [0.2, 0.25) is 5.91 Å². The maximum absolute atomic E-state index is 13.7. The molecule has 2 aromatic rings. The first-order valence-corrected chi connectivity index (χ1v) is 9.95. The van der Waals surface area contributed by atoms with Gasteiger partial charge in [0, 0.05) is 24.4 Å². The number of carbonyl (C=O) groups excluding carboxylic acids is 1. The molecule has 0 aliphatic heterocycles. The highest BCUT2D eigenvalue weighted by molar-refractivity contribution is 7.90. The van der Waals surface area contributed by atoms with Crippen molar-refractivity contribution in [3.63, 3.8) is 0 Å². The van der Waals surface area contributed by atoms with Crippen LogP contribution >= 0.6 is 0 Å². The largest absolute Gasteiger partial charge is 0.310 e. The van der Waals surface area contributed by atoms with Gasteiger partial charge in [0.15, 0.2) is 9.84 Å². The van der Waals surface area contributed by atoms with Crippen molar-refractivity contribution in [1.82, 2.24) is 0 Å². The minimum absolute atomic E-state index is 0.0998. The van der Waals surface area contributed by atoms with Crippen molar-refractivity contribution in [3.05, 3.63) is 59.9 Å². The normalized spacial score (nSPS) is 11.6. The number of hydrogen-bond acceptors (Lipinski definition) is 3. The lowest BCUT2D eigenvalue weighted by molar-refractivity contribution is -0.118. The SMILES string of the molecule is CC(C)N(C(=O)CCc1ccccc1F)c1ccc(S(C)(=O)=O)cc1. The second-order valence-corrected chi connectivity index (χ2v) is 8.23. The van der Waals surface area contributed by atoms with E-state index in [0.717, 1.165) is 6.26 Å². The maximum atomic E-state index is 13.7. The molecule has 0 bridgehead atoms. The predicted octanol–water partition coefficient (Wildman–Crippen LogP) is 3.60. The highest BCUT2D eigenvalue weighted by Crippen LogP contribution is 2.22. The van der Waals surface area contributed by atoms with Crippen LogP contribution in [-0.2, 0) is 21.1 Å². The van der Waals surface area contributed by atoms with E-state index >= 15 is 0 Å². The highest BCUT2D eigenvalue weighted by Gasteiger charge is 2.20. The minimum atomic E-state index is -3.28. The Labute approximate surface area is 148 Å². The van der Waals surface area contributed by atoms with Crippen molar-refractivity contribution in [1.29, 1.82) is 0 Å². The number of halogens is 1. The van der Waals surface area contributed by atoms with E-state index in [9.17, 15) is 17.6 Å². The van der Waals surface area contributed by atoms with Crippen LogP contribution in [0.2, 0.25) is 0 Å². The Kier molecular flexibility index (Phi) is 5.95. The molecule has 4 nitrogen and oxygen atoms in total. The second-order valence-electron chi connectivity index (χ2n) is 6.21. The van der Waals surface area contributed by atoms with E-state index < -0.39 is 9.84 Å². The average Bonchev–Trinajstić information content (AvgIpc) is 2.53. The molecule has 0 heterocycles. The average molecular weight is 363 g/mol. The maximum Gasteiger partial charge on any atom is 0.227 e. The minimum Gasteiger partial charge on any atom is -0.310 e. The molecule has 0 fully saturated rings. The van der Waals surface area contributed by atoms with E-state index in [1.54, 1.807) is 35.2 Å². The number of sulfone groups is 1. The van der Waals surface area contributed by atoms with Crippen molar-refractivity contribution in [3.8, 4) is 0 Å². The summed E-state index contributed by atoms with van der Waals surface area (Å²) in [5.74, 6) is -0.450. The molecule has 134 valence electrons. The van der Waals surface area contributed by atoms with Gasteiger partial charge in [-0.05, 0) is 56.2 Å². The van der Waals surface area contributed by atoms with Crippen molar-refractivity contribution in [2.45, 2.75) is 37.6 Å². The summed E-state index contributed by atoms with van der Waals surface area (Å²) in [4.78, 5) is 14.4. The molecule has 2 rings (SSSR count). The zero-order chi connectivity index (χ0) is 18.6. The van der Waals surface area contributed by atoms with Gasteiger partial charge in [-0.3, -0.25) is 4.79 Å². The van der Waals surface area contributed by atoms with Crippen molar-refractivity contribution in [2.75, 3.05) is 11.2 Å². The van der Waals surface area contributed by atoms with Crippen LogP contribution in [0.1, 0.15) is 25.8 Å². The fourth-order valence-corrected chi connectivity index (χ4v) is 3.28. The first kappa shape index (κ1) is 19.1. The summed E-state index contributed by atoms with van der Waals surface area (Å²) in [6, 6.07) is 12.5. The van der Waals surface area contributed by atoms with Gasteiger partial charge >= 0.3 is 0 Å². The summed E-state index contributed by atoms with van der Waals surface area (Å²) in [6.07, 6.45) is 1.63. The number of anilines is 1. The molecule has 1 amide bonds. The predicted molar refractivity (Wildman–Crippen MR) is 96.9 cm³/mol. The Morgan fingerprint density at radius 1 is 1.08 bits per heavy atom. The molecule has 2 aromatic carbocycles. The molecular weight excluding hydrogens is 341 g/mol. The molecule has 0 spiro atoms. The lowest BCUT2D eigenvalue weighted by Gasteiger charge is -2.27. The van der Waals surface area contributed by atoms with Gasteiger partial charge in [0.05, 0.1) is 4.90 Å². The Morgan fingerprint density at radius 3 is 2.20 bits per heavy atom. The van der Waals surface area contributed by atoms with Crippen LogP contribution in [0.5, 0.6) is 0 Å². The number of aryl methyl sites for hydroxylation is 1. The summed E-state index contributed by atoms with van der Waals surface area (Å²) in [5.41, 5.74) is 1.13. The summed E-state index contributed by atoms with van der Waals surface area (Å²) in [7, 11) is -3.28. The van der Waals surface area contributed by atoms with E-state index in [4.69, 9.17) is 0 Å². The molecule has 0 unspecified atom stereocenters. The van der Waals surface area contributed by atoms with E-state index in [1.807, 2.05) is 13.8 Å². The Bertz CT molecular complexity index is 845. The smallest absolute Gasteiger partial charge is 0.227 e.